The van der Waals surface area contributed by atoms with E-state index >= 15 is 0 Å². The lowest BCUT2D eigenvalue weighted by Crippen LogP contribution is -2.04. The fraction of sp³-hybridized carbons (Fsp3) is 0.0714. The Balaban J connectivity index is 1.70. The zero-order valence-corrected chi connectivity index (χ0v) is 11.7. The Bertz CT molecular complexity index is 724. The van der Waals surface area contributed by atoms with Crippen LogP contribution in [0.15, 0.2) is 47.0 Å². The van der Waals surface area contributed by atoms with E-state index in [1.165, 1.54) is 0 Å². The monoisotopic (exact) mass is 301 g/mol. The van der Waals surface area contributed by atoms with Crippen LogP contribution in [0.4, 0.5) is 11.8 Å². The second-order valence-corrected chi connectivity index (χ2v) is 4.66. The summed E-state index contributed by atoms with van der Waals surface area (Å²) in [7, 11) is 0. The van der Waals surface area contributed by atoms with Gasteiger partial charge in [0.15, 0.2) is 5.76 Å². The molecule has 21 heavy (non-hydrogen) atoms. The van der Waals surface area contributed by atoms with E-state index in [0.717, 1.165) is 5.56 Å². The topological polar surface area (TPSA) is 89.9 Å². The van der Waals surface area contributed by atoms with E-state index in [9.17, 15) is 0 Å². The Hall–Kier alpha value is -2.60. The van der Waals surface area contributed by atoms with Crippen molar-refractivity contribution in [2.24, 2.45) is 0 Å². The third-order valence-corrected chi connectivity index (χ3v) is 2.94. The van der Waals surface area contributed by atoms with E-state index in [1.807, 2.05) is 30.3 Å². The van der Waals surface area contributed by atoms with Gasteiger partial charge in [0.25, 0.3) is 0 Å². The van der Waals surface area contributed by atoms with Gasteiger partial charge in [0.05, 0.1) is 12.7 Å². The summed E-state index contributed by atoms with van der Waals surface area (Å²) < 4.78 is 5.67. The quantitative estimate of drug-likeness (QED) is 0.720. The molecule has 1 aromatic carbocycles. The van der Waals surface area contributed by atoms with E-state index in [4.69, 9.17) is 21.8 Å². The molecule has 3 aromatic rings. The average Bonchev–Trinajstić information content (AvgIpc) is 2.94. The highest BCUT2D eigenvalue weighted by atomic mass is 35.5. The van der Waals surface area contributed by atoms with E-state index in [1.54, 1.807) is 12.3 Å². The van der Waals surface area contributed by atoms with Crippen LogP contribution in [0.1, 0.15) is 5.89 Å². The third kappa shape index (κ3) is 3.29. The van der Waals surface area contributed by atoms with E-state index in [2.05, 4.69) is 20.3 Å². The number of hydrogen-bond acceptors (Lipinski definition) is 6. The maximum absolute atomic E-state index is 5.81. The van der Waals surface area contributed by atoms with Gasteiger partial charge in [-0.2, -0.15) is 4.98 Å². The van der Waals surface area contributed by atoms with Crippen LogP contribution in [0, 0.1) is 0 Å². The molecule has 2 heterocycles. The predicted molar refractivity (Wildman–Crippen MR) is 80.7 cm³/mol. The zero-order chi connectivity index (χ0) is 14.7. The molecule has 0 radical (unpaired) electrons. The Morgan fingerprint density at radius 3 is 2.76 bits per heavy atom. The number of hydrogen-bond donors (Lipinski definition) is 2. The lowest BCUT2D eigenvalue weighted by molar-refractivity contribution is 0.516. The average molecular weight is 302 g/mol. The van der Waals surface area contributed by atoms with Crippen molar-refractivity contribution >= 4 is 23.4 Å². The standard InChI is InChI=1S/C14H12ClN5O/c15-11-6-12(20-14(16)19-11)17-8-13-18-7-10(21-13)9-4-2-1-3-5-9/h1-7H,8H2,(H3,16,17,19,20). The molecule has 0 aliphatic heterocycles. The lowest BCUT2D eigenvalue weighted by atomic mass is 10.2. The largest absolute Gasteiger partial charge is 0.439 e. The van der Waals surface area contributed by atoms with Crippen molar-refractivity contribution in [2.75, 3.05) is 11.1 Å². The number of nitrogens with two attached hydrogens (primary N) is 1. The van der Waals surface area contributed by atoms with E-state index < -0.39 is 0 Å². The summed E-state index contributed by atoms with van der Waals surface area (Å²) in [5, 5.41) is 3.32. The first-order valence-electron chi connectivity index (χ1n) is 6.25. The first-order chi connectivity index (χ1) is 10.2. The molecule has 2 aromatic heterocycles. The van der Waals surface area contributed by atoms with Crippen molar-refractivity contribution in [3.8, 4) is 11.3 Å². The van der Waals surface area contributed by atoms with E-state index in [-0.39, 0.29) is 11.1 Å². The molecule has 0 amide bonds. The number of nitrogen functional groups attached to an aromatic ring is 1. The van der Waals surface area contributed by atoms with Gasteiger partial charge in [-0.15, -0.1) is 0 Å². The fourth-order valence-corrected chi connectivity index (χ4v) is 2.01. The molecule has 106 valence electrons. The van der Waals surface area contributed by atoms with Crippen LogP contribution in [-0.4, -0.2) is 15.0 Å². The van der Waals surface area contributed by atoms with Crippen molar-refractivity contribution in [1.29, 1.82) is 0 Å². The Labute approximate surface area is 126 Å². The van der Waals surface area contributed by atoms with Crippen LogP contribution in [0.25, 0.3) is 11.3 Å². The van der Waals surface area contributed by atoms with Crippen LogP contribution in [-0.2, 0) is 6.54 Å². The van der Waals surface area contributed by atoms with Crippen LogP contribution in [0.3, 0.4) is 0 Å². The summed E-state index contributed by atoms with van der Waals surface area (Å²) >= 11 is 5.81. The number of oxazole rings is 1. The Morgan fingerprint density at radius 1 is 1.19 bits per heavy atom. The van der Waals surface area contributed by atoms with Crippen molar-refractivity contribution < 1.29 is 4.42 Å². The highest BCUT2D eigenvalue weighted by Gasteiger charge is 2.07. The predicted octanol–water partition coefficient (Wildman–Crippen LogP) is 2.98. The van der Waals surface area contributed by atoms with Crippen molar-refractivity contribution in [2.45, 2.75) is 6.54 Å². The zero-order valence-electron chi connectivity index (χ0n) is 11.0. The second kappa shape index (κ2) is 5.80. The highest BCUT2D eigenvalue weighted by Crippen LogP contribution is 2.20. The summed E-state index contributed by atoms with van der Waals surface area (Å²) in [4.78, 5) is 12.0. The summed E-state index contributed by atoms with van der Waals surface area (Å²) in [5.41, 5.74) is 6.50. The van der Waals surface area contributed by atoms with Crippen molar-refractivity contribution in [3.05, 3.63) is 53.6 Å². The van der Waals surface area contributed by atoms with Gasteiger partial charge in [-0.25, -0.2) is 9.97 Å². The van der Waals surface area contributed by atoms with Gasteiger partial charge < -0.3 is 15.5 Å². The molecule has 3 rings (SSSR count). The number of halogens is 1. The first kappa shape index (κ1) is 13.4. The van der Waals surface area contributed by atoms with Crippen LogP contribution >= 0.6 is 11.6 Å². The van der Waals surface area contributed by atoms with E-state index in [0.29, 0.717) is 24.0 Å². The van der Waals surface area contributed by atoms with Crippen molar-refractivity contribution in [3.63, 3.8) is 0 Å². The lowest BCUT2D eigenvalue weighted by Gasteiger charge is -2.03. The number of rotatable bonds is 4. The Kier molecular flexibility index (Phi) is 3.70. The molecule has 7 heteroatoms. The summed E-state index contributed by atoms with van der Waals surface area (Å²) in [5.74, 6) is 1.89. The first-order valence-corrected chi connectivity index (χ1v) is 6.62. The summed E-state index contributed by atoms with van der Waals surface area (Å²) in [6, 6.07) is 11.3. The molecular weight excluding hydrogens is 290 g/mol. The number of anilines is 2. The van der Waals surface area contributed by atoms with Gasteiger partial charge in [0, 0.05) is 11.6 Å². The summed E-state index contributed by atoms with van der Waals surface area (Å²) in [6.07, 6.45) is 1.69. The van der Waals surface area contributed by atoms with Crippen LogP contribution < -0.4 is 11.1 Å². The van der Waals surface area contributed by atoms with Gasteiger partial charge in [0.1, 0.15) is 11.0 Å². The summed E-state index contributed by atoms with van der Waals surface area (Å²) in [6.45, 7) is 0.375. The van der Waals surface area contributed by atoms with Crippen LogP contribution in [0.2, 0.25) is 5.15 Å². The molecule has 0 saturated heterocycles. The minimum Gasteiger partial charge on any atom is -0.439 e. The number of nitrogens with one attached hydrogen (secondary N) is 1. The SMILES string of the molecule is Nc1nc(Cl)cc(NCc2ncc(-c3ccccc3)o2)n1. The van der Waals surface area contributed by atoms with Crippen LogP contribution in [0.5, 0.6) is 0 Å². The van der Waals surface area contributed by atoms with Gasteiger partial charge in [-0.3, -0.25) is 0 Å². The molecule has 0 bridgehead atoms. The van der Waals surface area contributed by atoms with Gasteiger partial charge >= 0.3 is 0 Å². The molecule has 0 saturated carbocycles. The number of aromatic nitrogens is 3. The fourth-order valence-electron chi connectivity index (χ4n) is 1.82. The normalized spacial score (nSPS) is 10.5. The second-order valence-electron chi connectivity index (χ2n) is 4.27. The van der Waals surface area contributed by atoms with Gasteiger partial charge in [-0.05, 0) is 0 Å². The van der Waals surface area contributed by atoms with Gasteiger partial charge in [0.2, 0.25) is 11.8 Å². The maximum atomic E-state index is 5.81. The molecule has 3 N–H and O–H groups in total. The molecule has 0 unspecified atom stereocenters. The minimum atomic E-state index is 0.113. The molecule has 0 aliphatic rings. The molecule has 6 nitrogen and oxygen atoms in total. The highest BCUT2D eigenvalue weighted by molar-refractivity contribution is 6.29. The smallest absolute Gasteiger partial charge is 0.223 e. The molecule has 0 aliphatic carbocycles. The molecule has 0 fully saturated rings. The molecule has 0 spiro atoms. The minimum absolute atomic E-state index is 0.113. The van der Waals surface area contributed by atoms with Crippen molar-refractivity contribution in [1.82, 2.24) is 15.0 Å². The molecular formula is C14H12ClN5O. The van der Waals surface area contributed by atoms with Gasteiger partial charge in [-0.1, -0.05) is 41.9 Å². The third-order valence-electron chi connectivity index (χ3n) is 2.74. The number of benzene rings is 1. The maximum Gasteiger partial charge on any atom is 0.223 e. The molecule has 0 atom stereocenters. The Morgan fingerprint density at radius 2 is 2.00 bits per heavy atom. The number of nitrogens with zero attached hydrogens (tertiary/aromatic N) is 3.